The zero-order valence-corrected chi connectivity index (χ0v) is 12.8. The van der Waals surface area contributed by atoms with Gasteiger partial charge in [0, 0.05) is 32.8 Å². The summed E-state index contributed by atoms with van der Waals surface area (Å²) in [5.41, 5.74) is 0. The van der Waals surface area contributed by atoms with Crippen molar-refractivity contribution in [1.29, 1.82) is 0 Å². The third-order valence-corrected chi connectivity index (χ3v) is 3.11. The van der Waals surface area contributed by atoms with Crippen molar-refractivity contribution < 1.29 is 14.3 Å². The van der Waals surface area contributed by atoms with E-state index in [0.717, 1.165) is 6.54 Å². The standard InChI is InChI=1S/C13H18Cl2N2O3/c1-19-7-6-16-4-5-17-13(18)9-20-10-2-3-11(14)12(15)8-10/h2-3,8,16H,4-7,9H2,1H3,(H,17,18). The third-order valence-electron chi connectivity index (χ3n) is 2.37. The Hall–Kier alpha value is -1.01. The first-order chi connectivity index (χ1) is 9.63. The van der Waals surface area contributed by atoms with E-state index in [4.69, 9.17) is 32.7 Å². The first-order valence-electron chi connectivity index (χ1n) is 6.17. The summed E-state index contributed by atoms with van der Waals surface area (Å²) >= 11 is 11.6. The van der Waals surface area contributed by atoms with Gasteiger partial charge in [0.2, 0.25) is 0 Å². The van der Waals surface area contributed by atoms with E-state index in [0.29, 0.717) is 35.5 Å². The summed E-state index contributed by atoms with van der Waals surface area (Å²) in [5.74, 6) is 0.317. The molecule has 20 heavy (non-hydrogen) atoms. The molecule has 2 N–H and O–H groups in total. The van der Waals surface area contributed by atoms with E-state index in [1.165, 1.54) is 0 Å². The number of rotatable bonds is 9. The second kappa shape index (κ2) is 9.83. The van der Waals surface area contributed by atoms with Crippen LogP contribution in [0.1, 0.15) is 0 Å². The second-order valence-electron chi connectivity index (χ2n) is 3.96. The second-order valence-corrected chi connectivity index (χ2v) is 4.77. The summed E-state index contributed by atoms with van der Waals surface area (Å²) in [7, 11) is 1.64. The number of amides is 1. The van der Waals surface area contributed by atoms with Gasteiger partial charge in [0.15, 0.2) is 6.61 Å². The van der Waals surface area contributed by atoms with Crippen molar-refractivity contribution in [2.24, 2.45) is 0 Å². The molecule has 0 aliphatic heterocycles. The van der Waals surface area contributed by atoms with E-state index in [1.807, 2.05) is 0 Å². The number of carbonyl (C=O) groups excluding carboxylic acids is 1. The van der Waals surface area contributed by atoms with Crippen LogP contribution in [-0.4, -0.2) is 45.9 Å². The van der Waals surface area contributed by atoms with Gasteiger partial charge in [-0.25, -0.2) is 0 Å². The van der Waals surface area contributed by atoms with Crippen LogP contribution in [0.3, 0.4) is 0 Å². The maximum absolute atomic E-state index is 11.5. The van der Waals surface area contributed by atoms with Crippen LogP contribution in [0.15, 0.2) is 18.2 Å². The van der Waals surface area contributed by atoms with Crippen molar-refractivity contribution in [3.05, 3.63) is 28.2 Å². The van der Waals surface area contributed by atoms with E-state index in [2.05, 4.69) is 10.6 Å². The number of ether oxygens (including phenoxy) is 2. The van der Waals surface area contributed by atoms with Gasteiger partial charge in [-0.1, -0.05) is 23.2 Å². The monoisotopic (exact) mass is 320 g/mol. The fraction of sp³-hybridized carbons (Fsp3) is 0.462. The van der Waals surface area contributed by atoms with Crippen LogP contribution in [-0.2, 0) is 9.53 Å². The Labute approximate surface area is 128 Å². The Bertz CT molecular complexity index is 430. The number of halogens is 2. The molecule has 0 aromatic heterocycles. The Kier molecular flexibility index (Phi) is 8.37. The molecule has 0 aliphatic carbocycles. The molecule has 1 amide bonds. The largest absolute Gasteiger partial charge is 0.484 e. The number of hydrogen-bond donors (Lipinski definition) is 2. The molecule has 5 nitrogen and oxygen atoms in total. The van der Waals surface area contributed by atoms with E-state index in [1.54, 1.807) is 25.3 Å². The predicted octanol–water partition coefficient (Wildman–Crippen LogP) is 1.72. The normalized spacial score (nSPS) is 10.3. The molecule has 0 spiro atoms. The molecule has 0 fully saturated rings. The quantitative estimate of drug-likeness (QED) is 0.680. The molecule has 0 aliphatic rings. The summed E-state index contributed by atoms with van der Waals surface area (Å²) in [6.07, 6.45) is 0. The molecule has 7 heteroatoms. The van der Waals surface area contributed by atoms with Crippen LogP contribution in [0.25, 0.3) is 0 Å². The van der Waals surface area contributed by atoms with Gasteiger partial charge in [-0.15, -0.1) is 0 Å². The topological polar surface area (TPSA) is 59.6 Å². The molecule has 0 bridgehead atoms. The average molecular weight is 321 g/mol. The molecule has 1 rings (SSSR count). The van der Waals surface area contributed by atoms with Gasteiger partial charge in [-0.05, 0) is 12.1 Å². The van der Waals surface area contributed by atoms with Crippen LogP contribution in [0.5, 0.6) is 5.75 Å². The molecule has 0 radical (unpaired) electrons. The number of hydrogen-bond acceptors (Lipinski definition) is 4. The van der Waals surface area contributed by atoms with Gasteiger partial charge in [-0.2, -0.15) is 0 Å². The Morgan fingerprint density at radius 3 is 2.70 bits per heavy atom. The molecular weight excluding hydrogens is 303 g/mol. The summed E-state index contributed by atoms with van der Waals surface area (Å²) < 4.78 is 10.2. The highest BCUT2D eigenvalue weighted by atomic mass is 35.5. The van der Waals surface area contributed by atoms with Crippen LogP contribution in [0.2, 0.25) is 10.0 Å². The lowest BCUT2D eigenvalue weighted by Crippen LogP contribution is -2.35. The fourth-order valence-electron chi connectivity index (χ4n) is 1.36. The average Bonchev–Trinajstić information content (AvgIpc) is 2.44. The van der Waals surface area contributed by atoms with Gasteiger partial charge >= 0.3 is 0 Å². The molecule has 0 atom stereocenters. The lowest BCUT2D eigenvalue weighted by molar-refractivity contribution is -0.123. The maximum Gasteiger partial charge on any atom is 0.257 e. The zero-order chi connectivity index (χ0) is 14.8. The lowest BCUT2D eigenvalue weighted by Gasteiger charge is -2.08. The number of nitrogens with one attached hydrogen (secondary N) is 2. The smallest absolute Gasteiger partial charge is 0.257 e. The SMILES string of the molecule is COCCNCCNC(=O)COc1ccc(Cl)c(Cl)c1. The molecule has 1 aromatic carbocycles. The van der Waals surface area contributed by atoms with Crippen LogP contribution < -0.4 is 15.4 Å². The van der Waals surface area contributed by atoms with Gasteiger partial charge in [0.05, 0.1) is 16.7 Å². The van der Waals surface area contributed by atoms with E-state index < -0.39 is 0 Å². The Morgan fingerprint density at radius 1 is 1.20 bits per heavy atom. The highest BCUT2D eigenvalue weighted by Crippen LogP contribution is 2.26. The van der Waals surface area contributed by atoms with Crippen molar-refractivity contribution >= 4 is 29.1 Å². The van der Waals surface area contributed by atoms with E-state index >= 15 is 0 Å². The highest BCUT2D eigenvalue weighted by Gasteiger charge is 2.04. The van der Waals surface area contributed by atoms with Crippen LogP contribution in [0.4, 0.5) is 0 Å². The third kappa shape index (κ3) is 6.96. The summed E-state index contributed by atoms with van der Waals surface area (Å²) in [4.78, 5) is 11.5. The van der Waals surface area contributed by atoms with Gasteiger partial charge in [0.25, 0.3) is 5.91 Å². The maximum atomic E-state index is 11.5. The van der Waals surface area contributed by atoms with Crippen molar-refractivity contribution in [2.75, 3.05) is 40.0 Å². The number of benzene rings is 1. The summed E-state index contributed by atoms with van der Waals surface area (Å²) in [6.45, 7) is 2.56. The number of carbonyl (C=O) groups is 1. The van der Waals surface area contributed by atoms with Crippen molar-refractivity contribution in [3.63, 3.8) is 0 Å². The zero-order valence-electron chi connectivity index (χ0n) is 11.2. The molecule has 0 heterocycles. The predicted molar refractivity (Wildman–Crippen MR) is 79.7 cm³/mol. The molecule has 0 saturated carbocycles. The minimum Gasteiger partial charge on any atom is -0.484 e. The Morgan fingerprint density at radius 2 is 2.00 bits per heavy atom. The lowest BCUT2D eigenvalue weighted by atomic mass is 10.3. The van der Waals surface area contributed by atoms with E-state index in [9.17, 15) is 4.79 Å². The molecule has 0 unspecified atom stereocenters. The fourth-order valence-corrected chi connectivity index (χ4v) is 1.64. The molecule has 1 aromatic rings. The first-order valence-corrected chi connectivity index (χ1v) is 6.93. The van der Waals surface area contributed by atoms with Gasteiger partial charge in [0.1, 0.15) is 5.75 Å². The highest BCUT2D eigenvalue weighted by molar-refractivity contribution is 6.42. The summed E-state index contributed by atoms with van der Waals surface area (Å²) in [6, 6.07) is 4.86. The Balaban J connectivity index is 2.15. The van der Waals surface area contributed by atoms with Gasteiger partial charge in [-0.3, -0.25) is 4.79 Å². The number of methoxy groups -OCH3 is 1. The summed E-state index contributed by atoms with van der Waals surface area (Å²) in [5, 5.41) is 6.69. The van der Waals surface area contributed by atoms with Crippen LogP contribution in [0, 0.1) is 0 Å². The van der Waals surface area contributed by atoms with Gasteiger partial charge < -0.3 is 20.1 Å². The first kappa shape index (κ1) is 17.0. The van der Waals surface area contributed by atoms with E-state index in [-0.39, 0.29) is 12.5 Å². The molecule has 112 valence electrons. The van der Waals surface area contributed by atoms with Crippen molar-refractivity contribution in [2.45, 2.75) is 0 Å². The van der Waals surface area contributed by atoms with Crippen molar-refractivity contribution in [1.82, 2.24) is 10.6 Å². The minimum atomic E-state index is -0.190. The van der Waals surface area contributed by atoms with Crippen molar-refractivity contribution in [3.8, 4) is 5.75 Å². The molecular formula is C13H18Cl2N2O3. The molecule has 0 saturated heterocycles. The minimum absolute atomic E-state index is 0.0595. The van der Waals surface area contributed by atoms with Crippen LogP contribution >= 0.6 is 23.2 Å².